The molecule has 1 aliphatic carbocycles. The number of rotatable bonds is 1. The highest BCUT2D eigenvalue weighted by molar-refractivity contribution is 9.10. The molecule has 2 nitrogen and oxygen atoms in total. The van der Waals surface area contributed by atoms with Crippen LogP contribution in [-0.2, 0) is 6.42 Å². The molecule has 1 atom stereocenters. The van der Waals surface area contributed by atoms with E-state index in [0.29, 0.717) is 0 Å². The molecule has 1 aromatic carbocycles. The number of aliphatic hydroxyl groups excluding tert-OH is 1. The lowest BCUT2D eigenvalue weighted by Gasteiger charge is -2.31. The van der Waals surface area contributed by atoms with Gasteiger partial charge in [-0.2, -0.15) is 0 Å². The zero-order chi connectivity index (χ0) is 14.5. The maximum atomic E-state index is 13.4. The van der Waals surface area contributed by atoms with Gasteiger partial charge in [-0.1, -0.05) is 29.8 Å². The monoisotopic (exact) mass is 355 g/mol. The Morgan fingerprint density at radius 2 is 2.20 bits per heavy atom. The Bertz CT molecular complexity index is 668. The third kappa shape index (κ3) is 2.54. The summed E-state index contributed by atoms with van der Waals surface area (Å²) in [6.45, 7) is 4.27. The van der Waals surface area contributed by atoms with Crippen LogP contribution in [0.25, 0.3) is 10.6 Å². The molecule has 1 N–H and O–H groups in total. The molecule has 0 bridgehead atoms. The molecule has 1 aliphatic rings. The molecule has 20 heavy (non-hydrogen) atoms. The smallest absolute Gasteiger partial charge is 0.125 e. The fraction of sp³-hybridized carbons (Fsp3) is 0.400. The van der Waals surface area contributed by atoms with Gasteiger partial charge in [0, 0.05) is 10.0 Å². The average Bonchev–Trinajstić information content (AvgIpc) is 2.74. The van der Waals surface area contributed by atoms with Crippen LogP contribution in [0.5, 0.6) is 0 Å². The van der Waals surface area contributed by atoms with E-state index < -0.39 is 6.10 Å². The molecule has 0 fully saturated rings. The maximum Gasteiger partial charge on any atom is 0.125 e. The van der Waals surface area contributed by atoms with E-state index in [4.69, 9.17) is 0 Å². The van der Waals surface area contributed by atoms with Crippen LogP contribution in [0.4, 0.5) is 4.39 Å². The quantitative estimate of drug-likeness (QED) is 0.802. The topological polar surface area (TPSA) is 33.1 Å². The molecular weight excluding hydrogens is 341 g/mol. The highest BCUT2D eigenvalue weighted by Gasteiger charge is 2.34. The molecule has 1 aromatic heterocycles. The molecule has 0 saturated carbocycles. The first kappa shape index (κ1) is 14.2. The van der Waals surface area contributed by atoms with Crippen LogP contribution in [-0.4, -0.2) is 10.1 Å². The van der Waals surface area contributed by atoms with Gasteiger partial charge in [-0.05, 0) is 36.5 Å². The van der Waals surface area contributed by atoms with Crippen molar-refractivity contribution in [1.82, 2.24) is 4.98 Å². The number of thiazole rings is 1. The third-order valence-corrected chi connectivity index (χ3v) is 5.50. The van der Waals surface area contributed by atoms with Crippen molar-refractivity contribution in [2.45, 2.75) is 32.8 Å². The van der Waals surface area contributed by atoms with Gasteiger partial charge in [-0.25, -0.2) is 9.37 Å². The van der Waals surface area contributed by atoms with Crippen molar-refractivity contribution in [2.75, 3.05) is 0 Å². The van der Waals surface area contributed by atoms with Gasteiger partial charge in [0.1, 0.15) is 10.8 Å². The first-order chi connectivity index (χ1) is 9.35. The van der Waals surface area contributed by atoms with Crippen LogP contribution in [0.3, 0.4) is 0 Å². The SMILES string of the molecule is CC1(C)Cc2nc(-c3cc(F)ccc3Br)sc2C(O)C1. The van der Waals surface area contributed by atoms with Crippen LogP contribution >= 0.6 is 27.3 Å². The largest absolute Gasteiger partial charge is 0.387 e. The summed E-state index contributed by atoms with van der Waals surface area (Å²) in [4.78, 5) is 5.56. The minimum Gasteiger partial charge on any atom is -0.387 e. The third-order valence-electron chi connectivity index (χ3n) is 3.58. The van der Waals surface area contributed by atoms with Gasteiger partial charge in [0.05, 0.1) is 16.7 Å². The van der Waals surface area contributed by atoms with E-state index in [1.807, 2.05) is 0 Å². The number of fused-ring (bicyclic) bond motifs is 1. The molecule has 0 radical (unpaired) electrons. The van der Waals surface area contributed by atoms with Gasteiger partial charge < -0.3 is 5.11 Å². The molecule has 5 heteroatoms. The van der Waals surface area contributed by atoms with Crippen molar-refractivity contribution in [3.63, 3.8) is 0 Å². The molecule has 0 spiro atoms. The van der Waals surface area contributed by atoms with Crippen LogP contribution < -0.4 is 0 Å². The molecule has 0 amide bonds. The summed E-state index contributed by atoms with van der Waals surface area (Å²) in [6, 6.07) is 4.58. The average molecular weight is 356 g/mol. The Morgan fingerprint density at radius 3 is 2.95 bits per heavy atom. The first-order valence-corrected chi connectivity index (χ1v) is 8.10. The first-order valence-electron chi connectivity index (χ1n) is 6.49. The molecule has 1 unspecified atom stereocenters. The molecule has 1 heterocycles. The number of aromatic nitrogens is 1. The minimum atomic E-state index is -0.465. The fourth-order valence-electron chi connectivity index (χ4n) is 2.67. The standard InChI is InChI=1S/C15H15BrFNOS/c1-15(2)6-11-13(12(19)7-15)20-14(18-11)9-5-8(17)3-4-10(9)16/h3-5,12,19H,6-7H2,1-2H3. The van der Waals surface area contributed by atoms with E-state index in [9.17, 15) is 9.50 Å². The summed E-state index contributed by atoms with van der Waals surface area (Å²) >= 11 is 4.90. The summed E-state index contributed by atoms with van der Waals surface area (Å²) in [5, 5.41) is 11.0. The number of aliphatic hydroxyl groups is 1. The molecular formula is C15H15BrFNOS. The fourth-order valence-corrected chi connectivity index (χ4v) is 4.33. The van der Waals surface area contributed by atoms with Gasteiger partial charge >= 0.3 is 0 Å². The number of hydrogen-bond acceptors (Lipinski definition) is 3. The van der Waals surface area contributed by atoms with E-state index in [1.165, 1.54) is 23.5 Å². The van der Waals surface area contributed by atoms with Crippen LogP contribution in [0.15, 0.2) is 22.7 Å². The molecule has 106 valence electrons. The van der Waals surface area contributed by atoms with Crippen molar-refractivity contribution in [3.8, 4) is 10.6 Å². The van der Waals surface area contributed by atoms with Gasteiger partial charge in [0.15, 0.2) is 0 Å². The van der Waals surface area contributed by atoms with Crippen molar-refractivity contribution in [3.05, 3.63) is 39.1 Å². The van der Waals surface area contributed by atoms with Crippen LogP contribution in [0.1, 0.15) is 36.9 Å². The van der Waals surface area contributed by atoms with Crippen LogP contribution in [0, 0.1) is 11.2 Å². The van der Waals surface area contributed by atoms with Crippen molar-refractivity contribution in [1.29, 1.82) is 0 Å². The summed E-state index contributed by atoms with van der Waals surface area (Å²) in [5.74, 6) is -0.280. The van der Waals surface area contributed by atoms with E-state index in [0.717, 1.165) is 38.5 Å². The number of hydrogen-bond donors (Lipinski definition) is 1. The van der Waals surface area contributed by atoms with E-state index in [2.05, 4.69) is 34.8 Å². The van der Waals surface area contributed by atoms with Crippen molar-refractivity contribution in [2.24, 2.45) is 5.41 Å². The zero-order valence-electron chi connectivity index (χ0n) is 11.3. The second kappa shape index (κ2) is 4.90. The summed E-state index contributed by atoms with van der Waals surface area (Å²) in [7, 11) is 0. The molecule has 0 saturated heterocycles. The lowest BCUT2D eigenvalue weighted by molar-refractivity contribution is 0.102. The highest BCUT2D eigenvalue weighted by atomic mass is 79.9. The lowest BCUT2D eigenvalue weighted by atomic mass is 9.77. The van der Waals surface area contributed by atoms with E-state index >= 15 is 0 Å². The number of benzene rings is 1. The summed E-state index contributed by atoms with van der Waals surface area (Å²) in [5.41, 5.74) is 1.75. The molecule has 3 rings (SSSR count). The highest BCUT2D eigenvalue weighted by Crippen LogP contribution is 2.45. The Morgan fingerprint density at radius 1 is 1.45 bits per heavy atom. The predicted molar refractivity (Wildman–Crippen MR) is 82.3 cm³/mol. The number of nitrogens with zero attached hydrogens (tertiary/aromatic N) is 1. The Kier molecular flexibility index (Phi) is 3.47. The van der Waals surface area contributed by atoms with Crippen LogP contribution in [0.2, 0.25) is 0 Å². The zero-order valence-corrected chi connectivity index (χ0v) is 13.7. The Labute approximate surface area is 129 Å². The molecule has 2 aromatic rings. The maximum absolute atomic E-state index is 13.4. The van der Waals surface area contributed by atoms with Gasteiger partial charge in [0.25, 0.3) is 0 Å². The van der Waals surface area contributed by atoms with Gasteiger partial charge in [0.2, 0.25) is 0 Å². The lowest BCUT2D eigenvalue weighted by Crippen LogP contribution is -2.24. The minimum absolute atomic E-state index is 0.0525. The predicted octanol–water partition coefficient (Wildman–Crippen LogP) is 4.72. The van der Waals surface area contributed by atoms with Gasteiger partial charge in [-0.3, -0.25) is 0 Å². The Balaban J connectivity index is 2.08. The summed E-state index contributed by atoms with van der Waals surface area (Å²) in [6.07, 6.45) is 1.13. The normalized spacial score (nSPS) is 20.8. The van der Waals surface area contributed by atoms with Gasteiger partial charge in [-0.15, -0.1) is 11.3 Å². The number of halogens is 2. The second-order valence-corrected chi connectivity index (χ2v) is 7.90. The summed E-state index contributed by atoms with van der Waals surface area (Å²) < 4.78 is 14.2. The van der Waals surface area contributed by atoms with E-state index in [-0.39, 0.29) is 11.2 Å². The molecule has 0 aliphatic heterocycles. The van der Waals surface area contributed by atoms with Crippen molar-refractivity contribution >= 4 is 27.3 Å². The van der Waals surface area contributed by atoms with E-state index in [1.54, 1.807) is 6.07 Å². The second-order valence-electron chi connectivity index (χ2n) is 6.02. The van der Waals surface area contributed by atoms with Crippen molar-refractivity contribution < 1.29 is 9.50 Å². The Hall–Kier alpha value is -0.780.